The monoisotopic (exact) mass is 415 g/mol. The summed E-state index contributed by atoms with van der Waals surface area (Å²) in [4.78, 5) is 4.34. The number of ether oxygens (including phenoxy) is 1. The largest absolute Gasteiger partial charge is 0.505 e. The molecule has 8 heteroatoms. The van der Waals surface area contributed by atoms with Crippen molar-refractivity contribution < 1.29 is 9.84 Å². The molecule has 1 aromatic heterocycles. The second-order valence-electron chi connectivity index (χ2n) is 6.13. The minimum Gasteiger partial charge on any atom is -0.505 e. The van der Waals surface area contributed by atoms with Crippen LogP contribution in [-0.2, 0) is 0 Å². The molecule has 0 aliphatic rings. The highest BCUT2D eigenvalue weighted by Gasteiger charge is 2.07. The summed E-state index contributed by atoms with van der Waals surface area (Å²) in [5.41, 5.74) is 2.45. The van der Waals surface area contributed by atoms with E-state index in [4.69, 9.17) is 4.74 Å². The van der Waals surface area contributed by atoms with E-state index in [1.807, 2.05) is 42.5 Å². The molecule has 0 aliphatic carbocycles. The van der Waals surface area contributed by atoms with Crippen molar-refractivity contribution in [2.45, 2.75) is 0 Å². The minimum atomic E-state index is -0.0132. The molecular formula is C22H17N5O2S. The number of rotatable bonds is 6. The molecule has 0 unspecified atom stereocenters. The van der Waals surface area contributed by atoms with Gasteiger partial charge in [0, 0.05) is 23.4 Å². The standard InChI is InChI=1S/C22H17N5O2S/c1-29-18-11-6-10-17(13-18)24-25-19-12-5-9-16(20(19)28)14-23-22-27-26-21(30-22)15-7-3-2-4-8-15/h2-14,28H,1H3/b23-14+,25-24?. The highest BCUT2D eigenvalue weighted by molar-refractivity contribution is 7.18. The van der Waals surface area contributed by atoms with E-state index in [-0.39, 0.29) is 5.75 Å². The molecule has 0 bridgehead atoms. The molecule has 0 atom stereocenters. The van der Waals surface area contributed by atoms with Gasteiger partial charge in [0.1, 0.15) is 16.4 Å². The van der Waals surface area contributed by atoms with E-state index >= 15 is 0 Å². The Bertz CT molecular complexity index is 1210. The van der Waals surface area contributed by atoms with Gasteiger partial charge in [-0.1, -0.05) is 53.8 Å². The fourth-order valence-corrected chi connectivity index (χ4v) is 3.30. The average Bonchev–Trinajstić information content (AvgIpc) is 3.27. The van der Waals surface area contributed by atoms with Crippen LogP contribution in [0.15, 0.2) is 88.0 Å². The molecule has 0 aliphatic heterocycles. The van der Waals surface area contributed by atoms with Gasteiger partial charge in [-0.3, -0.25) is 0 Å². The van der Waals surface area contributed by atoms with Gasteiger partial charge >= 0.3 is 0 Å². The predicted octanol–water partition coefficient (Wildman–Crippen LogP) is 6.09. The number of azo groups is 1. The summed E-state index contributed by atoms with van der Waals surface area (Å²) in [5, 5.41) is 28.4. The lowest BCUT2D eigenvalue weighted by molar-refractivity contribution is 0.415. The van der Waals surface area contributed by atoms with Crippen molar-refractivity contribution in [1.29, 1.82) is 0 Å². The van der Waals surface area contributed by atoms with Crippen LogP contribution in [0.25, 0.3) is 10.6 Å². The molecule has 4 aromatic rings. The van der Waals surface area contributed by atoms with Crippen LogP contribution < -0.4 is 4.74 Å². The summed E-state index contributed by atoms with van der Waals surface area (Å²) in [6, 6.07) is 22.2. The zero-order chi connectivity index (χ0) is 20.8. The first-order valence-electron chi connectivity index (χ1n) is 9.04. The van der Waals surface area contributed by atoms with Crippen LogP contribution in [0.5, 0.6) is 11.5 Å². The molecular weight excluding hydrogens is 398 g/mol. The number of phenolic OH excluding ortho intramolecular Hbond substituents is 1. The highest BCUT2D eigenvalue weighted by atomic mass is 32.1. The molecule has 0 spiro atoms. The van der Waals surface area contributed by atoms with Crippen molar-refractivity contribution in [1.82, 2.24) is 10.2 Å². The number of aliphatic imine (C=N–C) groups is 1. The van der Waals surface area contributed by atoms with E-state index in [0.717, 1.165) is 10.6 Å². The maximum atomic E-state index is 10.5. The van der Waals surface area contributed by atoms with Gasteiger partial charge in [0.15, 0.2) is 5.75 Å². The Morgan fingerprint density at radius 3 is 2.60 bits per heavy atom. The third-order valence-corrected chi connectivity index (χ3v) is 5.00. The van der Waals surface area contributed by atoms with Gasteiger partial charge in [0.25, 0.3) is 0 Å². The lowest BCUT2D eigenvalue weighted by Crippen LogP contribution is -1.82. The highest BCUT2D eigenvalue weighted by Crippen LogP contribution is 2.32. The first kappa shape index (κ1) is 19.4. The molecule has 1 heterocycles. The summed E-state index contributed by atoms with van der Waals surface area (Å²) < 4.78 is 5.18. The van der Waals surface area contributed by atoms with E-state index in [1.54, 1.807) is 37.4 Å². The number of hydrogen-bond acceptors (Lipinski definition) is 8. The molecule has 0 saturated carbocycles. The Kier molecular flexibility index (Phi) is 5.86. The topological polar surface area (TPSA) is 92.3 Å². The Balaban J connectivity index is 1.53. The van der Waals surface area contributed by atoms with Gasteiger partial charge in [0.2, 0.25) is 5.13 Å². The number of phenols is 1. The van der Waals surface area contributed by atoms with Crippen molar-refractivity contribution in [2.24, 2.45) is 15.2 Å². The molecule has 1 N–H and O–H groups in total. The van der Waals surface area contributed by atoms with Gasteiger partial charge in [-0.25, -0.2) is 4.99 Å². The van der Waals surface area contributed by atoms with Crippen molar-refractivity contribution in [3.63, 3.8) is 0 Å². The van der Waals surface area contributed by atoms with Gasteiger partial charge in [-0.2, -0.15) is 5.11 Å². The maximum absolute atomic E-state index is 10.5. The van der Waals surface area contributed by atoms with Crippen molar-refractivity contribution in [3.05, 3.63) is 78.4 Å². The van der Waals surface area contributed by atoms with Crippen LogP contribution in [0.2, 0.25) is 0 Å². The smallest absolute Gasteiger partial charge is 0.231 e. The SMILES string of the molecule is COc1cccc(N=Nc2cccc(/C=N/c3nnc(-c4ccccc4)s3)c2O)c1. The lowest BCUT2D eigenvalue weighted by atomic mass is 10.2. The molecule has 0 fully saturated rings. The molecule has 7 nitrogen and oxygen atoms in total. The number of methoxy groups -OCH3 is 1. The summed E-state index contributed by atoms with van der Waals surface area (Å²) in [6.45, 7) is 0. The Labute approximate surface area is 177 Å². The maximum Gasteiger partial charge on any atom is 0.231 e. The normalized spacial score (nSPS) is 11.4. The second-order valence-corrected chi connectivity index (χ2v) is 7.09. The first-order chi connectivity index (χ1) is 14.7. The van der Waals surface area contributed by atoms with Crippen LogP contribution in [0.4, 0.5) is 16.5 Å². The predicted molar refractivity (Wildman–Crippen MR) is 118 cm³/mol. The number of nitrogens with zero attached hydrogens (tertiary/aromatic N) is 5. The third-order valence-electron chi connectivity index (χ3n) is 4.12. The van der Waals surface area contributed by atoms with Crippen molar-refractivity contribution >= 4 is 34.1 Å². The zero-order valence-corrected chi connectivity index (χ0v) is 16.8. The molecule has 0 saturated heterocycles. The summed E-state index contributed by atoms with van der Waals surface area (Å²) in [7, 11) is 1.59. The number of benzene rings is 3. The molecule has 4 rings (SSSR count). The molecule has 3 aromatic carbocycles. The number of hydrogen-bond donors (Lipinski definition) is 1. The van der Waals surface area contributed by atoms with Gasteiger partial charge < -0.3 is 9.84 Å². The van der Waals surface area contributed by atoms with E-state index < -0.39 is 0 Å². The molecule has 0 radical (unpaired) electrons. The first-order valence-corrected chi connectivity index (χ1v) is 9.85. The van der Waals surface area contributed by atoms with Crippen LogP contribution >= 0.6 is 11.3 Å². The van der Waals surface area contributed by atoms with Gasteiger partial charge in [-0.05, 0) is 24.3 Å². The van der Waals surface area contributed by atoms with Crippen LogP contribution in [-0.4, -0.2) is 28.6 Å². The summed E-state index contributed by atoms with van der Waals surface area (Å²) in [6.07, 6.45) is 1.54. The van der Waals surface area contributed by atoms with E-state index in [2.05, 4.69) is 25.4 Å². The Morgan fingerprint density at radius 2 is 1.77 bits per heavy atom. The molecule has 148 valence electrons. The van der Waals surface area contributed by atoms with E-state index in [0.29, 0.717) is 27.8 Å². The Hall–Kier alpha value is -3.91. The minimum absolute atomic E-state index is 0.0132. The second kappa shape index (κ2) is 9.06. The summed E-state index contributed by atoms with van der Waals surface area (Å²) in [5.74, 6) is 0.671. The third kappa shape index (κ3) is 4.56. The van der Waals surface area contributed by atoms with Crippen LogP contribution in [0.3, 0.4) is 0 Å². The van der Waals surface area contributed by atoms with Crippen molar-refractivity contribution in [2.75, 3.05) is 7.11 Å². The summed E-state index contributed by atoms with van der Waals surface area (Å²) >= 11 is 1.37. The number of para-hydroxylation sites is 1. The number of aromatic nitrogens is 2. The average molecular weight is 415 g/mol. The number of aromatic hydroxyl groups is 1. The Morgan fingerprint density at radius 1 is 0.933 bits per heavy atom. The van der Waals surface area contributed by atoms with Gasteiger partial charge in [0.05, 0.1) is 12.8 Å². The zero-order valence-electron chi connectivity index (χ0n) is 16.0. The van der Waals surface area contributed by atoms with Gasteiger partial charge in [-0.15, -0.1) is 15.3 Å². The van der Waals surface area contributed by atoms with E-state index in [9.17, 15) is 5.11 Å². The lowest BCUT2D eigenvalue weighted by Gasteiger charge is -2.02. The quantitative estimate of drug-likeness (QED) is 0.305. The fraction of sp³-hybridized carbons (Fsp3) is 0.0455. The van der Waals surface area contributed by atoms with Crippen LogP contribution in [0, 0.1) is 0 Å². The molecule has 0 amide bonds. The van der Waals surface area contributed by atoms with E-state index in [1.165, 1.54) is 17.6 Å². The molecule has 30 heavy (non-hydrogen) atoms. The van der Waals surface area contributed by atoms with Crippen molar-refractivity contribution in [3.8, 4) is 22.1 Å². The van der Waals surface area contributed by atoms with Crippen LogP contribution in [0.1, 0.15) is 5.56 Å². The fourth-order valence-electron chi connectivity index (χ4n) is 2.61.